The largest absolute Gasteiger partial charge is 0.494 e. The number of carbonyl (C=O) groups excluding carboxylic acids is 3. The van der Waals surface area contributed by atoms with Gasteiger partial charge >= 0.3 is 0 Å². The van der Waals surface area contributed by atoms with Gasteiger partial charge in [-0.15, -0.1) is 0 Å². The average Bonchev–Trinajstić information content (AvgIpc) is 3.36. The third-order valence-electron chi connectivity index (χ3n) is 6.37. The predicted molar refractivity (Wildman–Crippen MR) is 135 cm³/mol. The van der Waals surface area contributed by atoms with Gasteiger partial charge in [-0.1, -0.05) is 57.9 Å². The van der Waals surface area contributed by atoms with Crippen LogP contribution in [0.25, 0.3) is 0 Å². The maximum absolute atomic E-state index is 13.8. The van der Waals surface area contributed by atoms with Crippen LogP contribution < -0.4 is 15.1 Å². The Morgan fingerprint density at radius 2 is 1.74 bits per heavy atom. The zero-order chi connectivity index (χ0) is 24.7. The van der Waals surface area contributed by atoms with Crippen molar-refractivity contribution in [3.63, 3.8) is 0 Å². The van der Waals surface area contributed by atoms with Crippen LogP contribution in [0.5, 0.6) is 5.75 Å². The summed E-state index contributed by atoms with van der Waals surface area (Å²) in [5.74, 6) is -1.36. The fourth-order valence-electron chi connectivity index (χ4n) is 4.77. The van der Waals surface area contributed by atoms with Crippen molar-refractivity contribution >= 4 is 39.3 Å². The number of amides is 3. The summed E-state index contributed by atoms with van der Waals surface area (Å²) in [5.41, 5.74) is 5.82. The number of hydrogen-bond acceptors (Lipinski definition) is 5. The number of aryl methyl sites for hydroxylation is 1. The van der Waals surface area contributed by atoms with Crippen LogP contribution in [0, 0.1) is 12.8 Å². The molecule has 0 bridgehead atoms. The number of ether oxygens (including phenoxy) is 1. The maximum Gasteiger partial charge on any atom is 0.268 e. The van der Waals surface area contributed by atoms with E-state index in [0.717, 1.165) is 15.6 Å². The van der Waals surface area contributed by atoms with E-state index in [4.69, 9.17) is 4.74 Å². The molecule has 2 fully saturated rings. The smallest absolute Gasteiger partial charge is 0.268 e. The molecule has 3 aromatic rings. The lowest BCUT2D eigenvalue weighted by molar-refractivity contribution is -0.123. The van der Waals surface area contributed by atoms with Gasteiger partial charge in [-0.25, -0.2) is 10.3 Å². The van der Waals surface area contributed by atoms with Gasteiger partial charge in [0.1, 0.15) is 11.8 Å². The van der Waals surface area contributed by atoms with Gasteiger partial charge in [-0.3, -0.25) is 19.4 Å². The molecule has 1 N–H and O–H groups in total. The topological polar surface area (TPSA) is 79.0 Å². The van der Waals surface area contributed by atoms with Crippen molar-refractivity contribution in [1.82, 2.24) is 10.4 Å². The predicted octanol–water partition coefficient (Wildman–Crippen LogP) is 4.42. The normalized spacial score (nSPS) is 21.4. The number of rotatable bonds is 5. The number of hydrogen-bond donors (Lipinski definition) is 1. The second-order valence-electron chi connectivity index (χ2n) is 8.58. The zero-order valence-electron chi connectivity index (χ0n) is 19.3. The minimum absolute atomic E-state index is 0.350. The van der Waals surface area contributed by atoms with Crippen molar-refractivity contribution in [2.45, 2.75) is 25.9 Å². The zero-order valence-corrected chi connectivity index (χ0v) is 20.9. The summed E-state index contributed by atoms with van der Waals surface area (Å²) in [4.78, 5) is 42.3. The molecule has 5 rings (SSSR count). The molecule has 0 saturated carbocycles. The number of hydrazine groups is 1. The first kappa shape index (κ1) is 23.3. The third-order valence-corrected chi connectivity index (χ3v) is 6.86. The fourth-order valence-corrected chi connectivity index (χ4v) is 5.17. The SMILES string of the molecule is CCOc1ccccc1C1NN(C(=O)c2cccc(Br)c2)C2C(=O)N(c3ccc(C)cc3)C(=O)C12. The highest BCUT2D eigenvalue weighted by atomic mass is 79.9. The van der Waals surface area contributed by atoms with E-state index in [1.54, 1.807) is 30.3 Å². The lowest BCUT2D eigenvalue weighted by Gasteiger charge is -2.26. The lowest BCUT2D eigenvalue weighted by atomic mass is 9.90. The van der Waals surface area contributed by atoms with Gasteiger partial charge in [0.25, 0.3) is 11.8 Å². The second kappa shape index (κ2) is 9.28. The van der Waals surface area contributed by atoms with Crippen LogP contribution in [0.1, 0.15) is 34.5 Å². The number of benzene rings is 3. The van der Waals surface area contributed by atoms with Crippen LogP contribution in [0.4, 0.5) is 5.69 Å². The van der Waals surface area contributed by atoms with Crippen molar-refractivity contribution in [2.24, 2.45) is 5.92 Å². The number of nitrogens with one attached hydrogen (secondary N) is 1. The Morgan fingerprint density at radius 3 is 2.46 bits per heavy atom. The molecule has 7 nitrogen and oxygen atoms in total. The number of anilines is 1. The molecule has 0 radical (unpaired) electrons. The molecule has 178 valence electrons. The van der Waals surface area contributed by atoms with E-state index in [1.165, 1.54) is 9.91 Å². The average molecular weight is 534 g/mol. The molecule has 3 amide bonds. The number of carbonyl (C=O) groups is 3. The summed E-state index contributed by atoms with van der Waals surface area (Å²) in [6, 6.07) is 20.0. The first-order valence-electron chi connectivity index (χ1n) is 11.4. The molecule has 3 atom stereocenters. The van der Waals surface area contributed by atoms with E-state index >= 15 is 0 Å². The van der Waals surface area contributed by atoms with Crippen LogP contribution in [-0.2, 0) is 9.59 Å². The minimum atomic E-state index is -0.991. The number of imide groups is 1. The molecule has 2 saturated heterocycles. The fraction of sp³-hybridized carbons (Fsp3) is 0.222. The standard InChI is InChI=1S/C27H24BrN3O4/c1-3-35-21-10-5-4-9-20(21)23-22-24(31(29-23)25(32)17-7-6-8-18(28)15-17)27(34)30(26(22)33)19-13-11-16(2)12-14-19/h4-15,22-24,29H,3H2,1-2H3. The van der Waals surface area contributed by atoms with Crippen molar-refractivity contribution < 1.29 is 19.1 Å². The molecule has 3 aromatic carbocycles. The molecular formula is C27H24BrN3O4. The van der Waals surface area contributed by atoms with Gasteiger partial charge in [-0.2, -0.15) is 0 Å². The van der Waals surface area contributed by atoms with Gasteiger partial charge in [0.05, 0.1) is 24.3 Å². The van der Waals surface area contributed by atoms with Crippen LogP contribution in [-0.4, -0.2) is 35.4 Å². The van der Waals surface area contributed by atoms with Gasteiger partial charge < -0.3 is 4.74 Å². The highest BCUT2D eigenvalue weighted by molar-refractivity contribution is 9.10. The van der Waals surface area contributed by atoms with Crippen molar-refractivity contribution in [2.75, 3.05) is 11.5 Å². The first-order chi connectivity index (χ1) is 16.9. The van der Waals surface area contributed by atoms with Crippen LogP contribution in [0.2, 0.25) is 0 Å². The van der Waals surface area contributed by atoms with Crippen LogP contribution >= 0.6 is 15.9 Å². The van der Waals surface area contributed by atoms with Gasteiger partial charge in [0.15, 0.2) is 0 Å². The minimum Gasteiger partial charge on any atom is -0.494 e. The van der Waals surface area contributed by atoms with Crippen LogP contribution in [0.3, 0.4) is 0 Å². The molecule has 2 aliphatic rings. The second-order valence-corrected chi connectivity index (χ2v) is 9.50. The summed E-state index contributed by atoms with van der Waals surface area (Å²) < 4.78 is 6.56. The quantitative estimate of drug-likeness (QED) is 0.491. The molecule has 0 aliphatic carbocycles. The van der Waals surface area contributed by atoms with E-state index in [9.17, 15) is 14.4 Å². The number of para-hydroxylation sites is 1. The van der Waals surface area contributed by atoms with E-state index in [-0.39, 0.29) is 11.8 Å². The highest BCUT2D eigenvalue weighted by Crippen LogP contribution is 2.44. The summed E-state index contributed by atoms with van der Waals surface area (Å²) >= 11 is 3.40. The molecular weight excluding hydrogens is 510 g/mol. The Hall–Kier alpha value is -3.49. The number of fused-ring (bicyclic) bond motifs is 1. The first-order valence-corrected chi connectivity index (χ1v) is 12.2. The van der Waals surface area contributed by atoms with Crippen LogP contribution in [0.15, 0.2) is 77.3 Å². The van der Waals surface area contributed by atoms with Crippen molar-refractivity contribution in [3.8, 4) is 5.75 Å². The number of halogens is 1. The summed E-state index contributed by atoms with van der Waals surface area (Å²) in [5, 5.41) is 1.31. The lowest BCUT2D eigenvalue weighted by Crippen LogP contribution is -2.48. The highest BCUT2D eigenvalue weighted by Gasteiger charge is 2.60. The molecule has 2 heterocycles. The Bertz CT molecular complexity index is 1310. The molecule has 8 heteroatoms. The van der Waals surface area contributed by atoms with E-state index < -0.39 is 23.9 Å². The maximum atomic E-state index is 13.8. The Kier molecular flexibility index (Phi) is 6.17. The van der Waals surface area contributed by atoms with Gasteiger partial charge in [0.2, 0.25) is 5.91 Å². The monoisotopic (exact) mass is 533 g/mol. The Balaban J connectivity index is 1.60. The Morgan fingerprint density at radius 1 is 1.00 bits per heavy atom. The summed E-state index contributed by atoms with van der Waals surface area (Å²) in [6.07, 6.45) is 0. The van der Waals surface area contributed by atoms with E-state index in [2.05, 4.69) is 21.4 Å². The van der Waals surface area contributed by atoms with Gasteiger partial charge in [0, 0.05) is 15.6 Å². The molecule has 0 spiro atoms. The molecule has 2 aliphatic heterocycles. The van der Waals surface area contributed by atoms with Gasteiger partial charge in [-0.05, 0) is 50.2 Å². The summed E-state index contributed by atoms with van der Waals surface area (Å²) in [6.45, 7) is 4.27. The molecule has 3 unspecified atom stereocenters. The van der Waals surface area contributed by atoms with Crippen molar-refractivity contribution in [3.05, 3.63) is 94.0 Å². The Labute approximate surface area is 211 Å². The number of nitrogens with zero attached hydrogens (tertiary/aromatic N) is 2. The molecule has 0 aromatic heterocycles. The third kappa shape index (κ3) is 4.02. The summed E-state index contributed by atoms with van der Waals surface area (Å²) in [7, 11) is 0. The molecule has 35 heavy (non-hydrogen) atoms. The van der Waals surface area contributed by atoms with Crippen molar-refractivity contribution in [1.29, 1.82) is 0 Å². The van der Waals surface area contributed by atoms with E-state index in [1.807, 2.05) is 56.3 Å². The van der Waals surface area contributed by atoms with E-state index in [0.29, 0.717) is 23.6 Å².